The first-order valence-electron chi connectivity index (χ1n) is 11.4. The molecule has 6 heteroatoms. The summed E-state index contributed by atoms with van der Waals surface area (Å²) in [7, 11) is 0. The lowest BCUT2D eigenvalue weighted by Gasteiger charge is -2.26. The molecule has 2 aliphatic rings. The molecule has 0 radical (unpaired) electrons. The minimum Gasteiger partial charge on any atom is -0.492 e. The topological polar surface area (TPSA) is 62.8 Å². The number of hydrogen-bond donors (Lipinski definition) is 0. The van der Waals surface area contributed by atoms with Gasteiger partial charge in [0, 0.05) is 37.0 Å². The molecule has 1 unspecified atom stereocenters. The summed E-state index contributed by atoms with van der Waals surface area (Å²) in [6.45, 7) is 5.18. The van der Waals surface area contributed by atoms with Gasteiger partial charge in [0.25, 0.3) is 0 Å². The Labute approximate surface area is 188 Å². The highest BCUT2D eigenvalue weighted by atomic mass is 16.5. The number of ether oxygens (including phenoxy) is 2. The fourth-order valence-electron chi connectivity index (χ4n) is 4.56. The highest BCUT2D eigenvalue weighted by Crippen LogP contribution is 2.36. The van der Waals surface area contributed by atoms with Gasteiger partial charge in [0.2, 0.25) is 0 Å². The number of allylic oxidation sites excluding steroid dienone is 2. The van der Waals surface area contributed by atoms with Crippen LogP contribution in [0, 0.1) is 17.2 Å². The molecule has 1 atom stereocenters. The molecule has 3 heterocycles. The Morgan fingerprint density at radius 1 is 1.12 bits per heavy atom. The van der Waals surface area contributed by atoms with Gasteiger partial charge < -0.3 is 9.47 Å². The summed E-state index contributed by atoms with van der Waals surface area (Å²) >= 11 is 0. The average Bonchev–Trinajstić information content (AvgIpc) is 3.30. The molecule has 1 aliphatic carbocycles. The van der Waals surface area contributed by atoms with Gasteiger partial charge in [0.05, 0.1) is 36.9 Å². The first-order chi connectivity index (χ1) is 15.8. The number of hydrogen-bond acceptors (Lipinski definition) is 5. The quantitative estimate of drug-likeness (QED) is 0.582. The van der Waals surface area contributed by atoms with Crippen LogP contribution in [0.25, 0.3) is 22.2 Å². The van der Waals surface area contributed by atoms with Crippen LogP contribution in [0.1, 0.15) is 24.8 Å². The van der Waals surface area contributed by atoms with E-state index in [0.717, 1.165) is 74.5 Å². The molecule has 0 N–H and O–H groups in total. The zero-order valence-corrected chi connectivity index (χ0v) is 18.2. The maximum atomic E-state index is 9.21. The van der Waals surface area contributed by atoms with Crippen LogP contribution in [0.2, 0.25) is 0 Å². The van der Waals surface area contributed by atoms with Crippen LogP contribution in [-0.2, 0) is 4.74 Å². The summed E-state index contributed by atoms with van der Waals surface area (Å²) in [4.78, 5) is 2.37. The van der Waals surface area contributed by atoms with Gasteiger partial charge in [-0.1, -0.05) is 24.3 Å². The first kappa shape index (κ1) is 20.7. The van der Waals surface area contributed by atoms with E-state index in [9.17, 15) is 5.26 Å². The van der Waals surface area contributed by atoms with E-state index in [1.54, 1.807) is 0 Å². The number of fused-ring (bicyclic) bond motifs is 1. The summed E-state index contributed by atoms with van der Waals surface area (Å²) < 4.78 is 13.3. The normalized spacial score (nSPS) is 19.5. The van der Waals surface area contributed by atoms with Crippen LogP contribution in [0.15, 0.2) is 54.9 Å². The first-order valence-corrected chi connectivity index (χ1v) is 11.4. The Bertz CT molecular complexity index is 1140. The molecule has 2 aromatic heterocycles. The highest BCUT2D eigenvalue weighted by Gasteiger charge is 2.19. The van der Waals surface area contributed by atoms with Crippen molar-refractivity contribution in [3.63, 3.8) is 0 Å². The average molecular weight is 429 g/mol. The lowest BCUT2D eigenvalue weighted by atomic mass is 9.86. The smallest absolute Gasteiger partial charge is 0.119 e. The Morgan fingerprint density at radius 2 is 1.97 bits per heavy atom. The molecule has 1 aromatic carbocycles. The second-order valence-electron chi connectivity index (χ2n) is 8.43. The number of nitriles is 1. The molecule has 0 saturated carbocycles. The van der Waals surface area contributed by atoms with E-state index in [1.165, 1.54) is 11.1 Å². The second-order valence-corrected chi connectivity index (χ2v) is 8.43. The summed E-state index contributed by atoms with van der Waals surface area (Å²) in [5.74, 6) is 1.02. The SMILES string of the molecule is N#CC1CC=C(c2cccn3ncc(-c4ccc(OCCN5CCOCC5)cc4)c23)CC1. The molecule has 0 spiro atoms. The van der Waals surface area contributed by atoms with Crippen molar-refractivity contribution in [2.45, 2.75) is 19.3 Å². The van der Waals surface area contributed by atoms with Gasteiger partial charge in [-0.15, -0.1) is 0 Å². The van der Waals surface area contributed by atoms with Crippen molar-refractivity contribution in [1.82, 2.24) is 14.5 Å². The molecule has 6 nitrogen and oxygen atoms in total. The number of morpholine rings is 1. The number of benzene rings is 1. The van der Waals surface area contributed by atoms with Crippen molar-refractivity contribution in [2.24, 2.45) is 5.92 Å². The minimum atomic E-state index is 0.138. The molecule has 1 saturated heterocycles. The molecule has 3 aromatic rings. The summed E-state index contributed by atoms with van der Waals surface area (Å²) in [6, 6.07) is 14.9. The van der Waals surface area contributed by atoms with E-state index < -0.39 is 0 Å². The fraction of sp³-hybridized carbons (Fsp3) is 0.385. The monoisotopic (exact) mass is 428 g/mol. The largest absolute Gasteiger partial charge is 0.492 e. The van der Waals surface area contributed by atoms with E-state index in [0.29, 0.717) is 6.61 Å². The van der Waals surface area contributed by atoms with Gasteiger partial charge in [-0.3, -0.25) is 4.90 Å². The molecule has 32 heavy (non-hydrogen) atoms. The predicted octanol–water partition coefficient (Wildman–Crippen LogP) is 4.42. The predicted molar refractivity (Wildman–Crippen MR) is 124 cm³/mol. The zero-order chi connectivity index (χ0) is 21.8. The molecule has 5 rings (SSSR count). The fourth-order valence-corrected chi connectivity index (χ4v) is 4.56. The summed E-state index contributed by atoms with van der Waals surface area (Å²) in [5.41, 5.74) is 5.88. The zero-order valence-electron chi connectivity index (χ0n) is 18.2. The van der Waals surface area contributed by atoms with Gasteiger partial charge >= 0.3 is 0 Å². The Hall–Kier alpha value is -3.14. The number of nitrogens with zero attached hydrogens (tertiary/aromatic N) is 4. The Kier molecular flexibility index (Phi) is 6.20. The molecule has 0 amide bonds. The van der Waals surface area contributed by atoms with E-state index in [4.69, 9.17) is 9.47 Å². The molecular formula is C26H28N4O2. The van der Waals surface area contributed by atoms with Crippen LogP contribution in [0.5, 0.6) is 5.75 Å². The molecule has 164 valence electrons. The van der Waals surface area contributed by atoms with E-state index >= 15 is 0 Å². The molecular weight excluding hydrogens is 400 g/mol. The van der Waals surface area contributed by atoms with Crippen molar-refractivity contribution in [3.05, 3.63) is 60.4 Å². The maximum absolute atomic E-state index is 9.21. The highest BCUT2D eigenvalue weighted by molar-refractivity contribution is 5.90. The van der Waals surface area contributed by atoms with Gasteiger partial charge in [-0.25, -0.2) is 4.52 Å². The Balaban J connectivity index is 1.33. The van der Waals surface area contributed by atoms with Crippen LogP contribution >= 0.6 is 0 Å². The van der Waals surface area contributed by atoms with Crippen LogP contribution in [0.4, 0.5) is 0 Å². The summed E-state index contributed by atoms with van der Waals surface area (Å²) in [6.07, 6.45) is 8.84. The molecule has 1 fully saturated rings. The molecule has 1 aliphatic heterocycles. The van der Waals surface area contributed by atoms with Crippen LogP contribution < -0.4 is 4.74 Å². The number of pyridine rings is 1. The van der Waals surface area contributed by atoms with Crippen LogP contribution in [-0.4, -0.2) is 54.0 Å². The third-order valence-electron chi connectivity index (χ3n) is 6.43. The van der Waals surface area contributed by atoms with Gasteiger partial charge in [-0.2, -0.15) is 10.4 Å². The van der Waals surface area contributed by atoms with Crippen molar-refractivity contribution in [1.29, 1.82) is 5.26 Å². The third kappa shape index (κ3) is 4.40. The lowest BCUT2D eigenvalue weighted by molar-refractivity contribution is 0.0322. The number of aromatic nitrogens is 2. The van der Waals surface area contributed by atoms with E-state index in [2.05, 4.69) is 40.3 Å². The van der Waals surface area contributed by atoms with Crippen molar-refractivity contribution in [3.8, 4) is 22.9 Å². The lowest BCUT2D eigenvalue weighted by Crippen LogP contribution is -2.38. The summed E-state index contributed by atoms with van der Waals surface area (Å²) in [5, 5.41) is 13.8. The van der Waals surface area contributed by atoms with Gasteiger partial charge in [0.15, 0.2) is 0 Å². The van der Waals surface area contributed by atoms with Gasteiger partial charge in [-0.05, 0) is 48.6 Å². The third-order valence-corrected chi connectivity index (χ3v) is 6.43. The van der Waals surface area contributed by atoms with Crippen molar-refractivity contribution < 1.29 is 9.47 Å². The van der Waals surface area contributed by atoms with Gasteiger partial charge in [0.1, 0.15) is 12.4 Å². The van der Waals surface area contributed by atoms with E-state index in [-0.39, 0.29) is 5.92 Å². The van der Waals surface area contributed by atoms with Crippen molar-refractivity contribution >= 4 is 11.1 Å². The molecule has 0 bridgehead atoms. The van der Waals surface area contributed by atoms with Crippen LogP contribution in [0.3, 0.4) is 0 Å². The Morgan fingerprint density at radius 3 is 2.72 bits per heavy atom. The minimum absolute atomic E-state index is 0.138. The maximum Gasteiger partial charge on any atom is 0.119 e. The van der Waals surface area contributed by atoms with Crippen molar-refractivity contribution in [2.75, 3.05) is 39.5 Å². The second kappa shape index (κ2) is 9.56. The number of rotatable bonds is 6. The standard InChI is InChI=1S/C26H28N4O2/c27-18-20-3-5-21(6-4-20)24-2-1-11-30-26(24)25(19-28-30)22-7-9-23(10-8-22)32-17-14-29-12-15-31-16-13-29/h1-2,5,7-11,19-20H,3-4,6,12-17H2. The van der Waals surface area contributed by atoms with E-state index in [1.807, 2.05) is 35.1 Å².